The number of rotatable bonds is 4. The van der Waals surface area contributed by atoms with E-state index in [1.54, 1.807) is 0 Å². The number of aromatic nitrogens is 1. The van der Waals surface area contributed by atoms with E-state index in [2.05, 4.69) is 28.3 Å². The number of pyridine rings is 1. The lowest BCUT2D eigenvalue weighted by atomic mass is 10.1. The van der Waals surface area contributed by atoms with Crippen molar-refractivity contribution in [3.8, 4) is 0 Å². The topological polar surface area (TPSA) is 28.2 Å². The summed E-state index contributed by atoms with van der Waals surface area (Å²) in [7, 11) is 2.17. The molecule has 3 nitrogen and oxygen atoms in total. The lowest BCUT2D eigenvalue weighted by molar-refractivity contribution is 0.275. The fourth-order valence-corrected chi connectivity index (χ4v) is 2.14. The molecule has 15 heavy (non-hydrogen) atoms. The van der Waals surface area contributed by atoms with Gasteiger partial charge in [0.1, 0.15) is 0 Å². The van der Waals surface area contributed by atoms with Crippen LogP contribution in [0.25, 0.3) is 0 Å². The van der Waals surface area contributed by atoms with Crippen molar-refractivity contribution < 1.29 is 0 Å². The van der Waals surface area contributed by atoms with Gasteiger partial charge in [-0.15, -0.1) is 0 Å². The van der Waals surface area contributed by atoms with Gasteiger partial charge in [0.25, 0.3) is 0 Å². The Bertz CT molecular complexity index is 280. The number of nitrogens with zero attached hydrogens (tertiary/aromatic N) is 2. The molecule has 0 radical (unpaired) electrons. The molecule has 1 atom stereocenters. The van der Waals surface area contributed by atoms with Gasteiger partial charge in [-0.05, 0) is 44.6 Å². The number of nitrogens with one attached hydrogen (secondary N) is 1. The first-order valence-electron chi connectivity index (χ1n) is 5.64. The molecule has 1 aromatic rings. The summed E-state index contributed by atoms with van der Waals surface area (Å²) < 4.78 is 0. The van der Waals surface area contributed by atoms with Crippen molar-refractivity contribution in [1.29, 1.82) is 0 Å². The molecule has 0 spiro atoms. The van der Waals surface area contributed by atoms with E-state index in [4.69, 9.17) is 0 Å². The Morgan fingerprint density at radius 1 is 1.53 bits per heavy atom. The maximum atomic E-state index is 4.34. The van der Waals surface area contributed by atoms with E-state index in [0.717, 1.165) is 18.2 Å². The number of hydrogen-bond donors (Lipinski definition) is 1. The summed E-state index contributed by atoms with van der Waals surface area (Å²) >= 11 is 0. The van der Waals surface area contributed by atoms with Crippen molar-refractivity contribution in [3.63, 3.8) is 0 Å². The van der Waals surface area contributed by atoms with E-state index < -0.39 is 0 Å². The largest absolute Gasteiger partial charge is 0.316 e. The van der Waals surface area contributed by atoms with Crippen molar-refractivity contribution in [2.45, 2.75) is 13.0 Å². The highest BCUT2D eigenvalue weighted by atomic mass is 15.1. The average molecular weight is 205 g/mol. The molecule has 0 amide bonds. The van der Waals surface area contributed by atoms with Gasteiger partial charge in [-0.3, -0.25) is 4.98 Å². The first kappa shape index (κ1) is 10.6. The lowest BCUT2D eigenvalue weighted by Gasteiger charge is -2.19. The minimum Gasteiger partial charge on any atom is -0.316 e. The highest BCUT2D eigenvalue weighted by Gasteiger charge is 2.16. The molecular weight excluding hydrogens is 186 g/mol. The first-order chi connectivity index (χ1) is 7.34. The van der Waals surface area contributed by atoms with Crippen molar-refractivity contribution in [2.24, 2.45) is 5.92 Å². The normalized spacial score (nSPS) is 21.1. The van der Waals surface area contributed by atoms with Crippen LogP contribution in [0.5, 0.6) is 0 Å². The molecule has 2 heterocycles. The van der Waals surface area contributed by atoms with Gasteiger partial charge >= 0.3 is 0 Å². The monoisotopic (exact) mass is 205 g/mol. The summed E-state index contributed by atoms with van der Waals surface area (Å²) in [6.07, 6.45) is 3.17. The SMILES string of the molecule is CN(Cc1ccccn1)CC1CCNC1. The first-order valence-corrected chi connectivity index (χ1v) is 5.64. The maximum absolute atomic E-state index is 4.34. The van der Waals surface area contributed by atoms with Crippen LogP contribution in [0, 0.1) is 5.92 Å². The minimum atomic E-state index is 0.818. The molecule has 1 aliphatic heterocycles. The van der Waals surface area contributed by atoms with E-state index in [-0.39, 0.29) is 0 Å². The molecule has 1 aliphatic rings. The molecule has 1 unspecified atom stereocenters. The standard InChI is InChI=1S/C12H19N3/c1-15(9-11-5-7-13-8-11)10-12-4-2-3-6-14-12/h2-4,6,11,13H,5,7-10H2,1H3. The van der Waals surface area contributed by atoms with Gasteiger partial charge in [0.05, 0.1) is 5.69 Å². The zero-order valence-corrected chi connectivity index (χ0v) is 9.32. The van der Waals surface area contributed by atoms with E-state index >= 15 is 0 Å². The third-order valence-electron chi connectivity index (χ3n) is 2.89. The van der Waals surface area contributed by atoms with Crippen LogP contribution in [0.15, 0.2) is 24.4 Å². The predicted octanol–water partition coefficient (Wildman–Crippen LogP) is 1.12. The Morgan fingerprint density at radius 3 is 3.13 bits per heavy atom. The second-order valence-corrected chi connectivity index (χ2v) is 4.38. The molecule has 1 fully saturated rings. The summed E-state index contributed by atoms with van der Waals surface area (Å²) in [5.74, 6) is 0.818. The van der Waals surface area contributed by atoms with Crippen LogP contribution in [-0.4, -0.2) is 36.6 Å². The van der Waals surface area contributed by atoms with Crippen LogP contribution in [-0.2, 0) is 6.54 Å². The minimum absolute atomic E-state index is 0.818. The summed E-state index contributed by atoms with van der Waals surface area (Å²) in [4.78, 5) is 6.70. The fraction of sp³-hybridized carbons (Fsp3) is 0.583. The molecule has 3 heteroatoms. The van der Waals surface area contributed by atoms with Crippen LogP contribution >= 0.6 is 0 Å². The molecule has 0 aliphatic carbocycles. The van der Waals surface area contributed by atoms with E-state index in [9.17, 15) is 0 Å². The van der Waals surface area contributed by atoms with Crippen LogP contribution < -0.4 is 5.32 Å². The van der Waals surface area contributed by atoms with Crippen molar-refractivity contribution >= 4 is 0 Å². The van der Waals surface area contributed by atoms with Gasteiger partial charge in [0, 0.05) is 19.3 Å². The second-order valence-electron chi connectivity index (χ2n) is 4.38. The molecule has 1 saturated heterocycles. The summed E-state index contributed by atoms with van der Waals surface area (Å²) in [6, 6.07) is 6.10. The zero-order chi connectivity index (χ0) is 10.5. The number of hydrogen-bond acceptors (Lipinski definition) is 3. The van der Waals surface area contributed by atoms with E-state index in [1.807, 2.05) is 18.3 Å². The Labute approximate surface area is 91.5 Å². The highest BCUT2D eigenvalue weighted by Crippen LogP contribution is 2.10. The van der Waals surface area contributed by atoms with Gasteiger partial charge < -0.3 is 10.2 Å². The van der Waals surface area contributed by atoms with Crippen LogP contribution in [0.2, 0.25) is 0 Å². The van der Waals surface area contributed by atoms with Crippen LogP contribution in [0.4, 0.5) is 0 Å². The Morgan fingerprint density at radius 2 is 2.47 bits per heavy atom. The van der Waals surface area contributed by atoms with Crippen molar-refractivity contribution in [3.05, 3.63) is 30.1 Å². The van der Waals surface area contributed by atoms with Gasteiger partial charge in [-0.25, -0.2) is 0 Å². The maximum Gasteiger partial charge on any atom is 0.0543 e. The summed E-state index contributed by atoms with van der Waals surface area (Å²) in [6.45, 7) is 4.48. The smallest absolute Gasteiger partial charge is 0.0543 e. The van der Waals surface area contributed by atoms with Crippen molar-refractivity contribution in [2.75, 3.05) is 26.7 Å². The molecule has 2 rings (SSSR count). The average Bonchev–Trinajstić information content (AvgIpc) is 2.71. The molecule has 1 aromatic heterocycles. The van der Waals surface area contributed by atoms with E-state index in [1.165, 1.54) is 26.1 Å². The molecular formula is C12H19N3. The van der Waals surface area contributed by atoms with Gasteiger partial charge in [-0.2, -0.15) is 0 Å². The second kappa shape index (κ2) is 5.24. The highest BCUT2D eigenvalue weighted by molar-refractivity contribution is 5.03. The predicted molar refractivity (Wildman–Crippen MR) is 61.5 cm³/mol. The van der Waals surface area contributed by atoms with Gasteiger partial charge in [0.15, 0.2) is 0 Å². The van der Waals surface area contributed by atoms with Crippen LogP contribution in [0.1, 0.15) is 12.1 Å². The molecule has 0 aromatic carbocycles. The molecule has 0 saturated carbocycles. The fourth-order valence-electron chi connectivity index (χ4n) is 2.14. The summed E-state index contributed by atoms with van der Waals surface area (Å²) in [5, 5.41) is 3.40. The molecule has 1 N–H and O–H groups in total. The Balaban J connectivity index is 1.79. The third kappa shape index (κ3) is 3.29. The van der Waals surface area contributed by atoms with Crippen LogP contribution in [0.3, 0.4) is 0 Å². The Hall–Kier alpha value is -0.930. The lowest BCUT2D eigenvalue weighted by Crippen LogP contribution is -2.26. The van der Waals surface area contributed by atoms with Gasteiger partial charge in [0.2, 0.25) is 0 Å². The quantitative estimate of drug-likeness (QED) is 0.798. The van der Waals surface area contributed by atoms with Gasteiger partial charge in [-0.1, -0.05) is 6.07 Å². The molecule has 0 bridgehead atoms. The third-order valence-corrected chi connectivity index (χ3v) is 2.89. The van der Waals surface area contributed by atoms with E-state index in [0.29, 0.717) is 0 Å². The van der Waals surface area contributed by atoms with Crippen molar-refractivity contribution in [1.82, 2.24) is 15.2 Å². The molecule has 82 valence electrons. The zero-order valence-electron chi connectivity index (χ0n) is 9.32. The summed E-state index contributed by atoms with van der Waals surface area (Å²) in [5.41, 5.74) is 1.16. The Kier molecular flexibility index (Phi) is 3.69.